The van der Waals surface area contributed by atoms with Gasteiger partial charge in [0, 0.05) is 23.2 Å². The summed E-state index contributed by atoms with van der Waals surface area (Å²) < 4.78 is 128. The summed E-state index contributed by atoms with van der Waals surface area (Å²) in [5, 5.41) is 7.62. The van der Waals surface area contributed by atoms with Crippen molar-refractivity contribution in [3.8, 4) is 11.6 Å². The average Bonchev–Trinajstić information content (AvgIpc) is 2.98. The third-order valence-electron chi connectivity index (χ3n) is 6.95. The molecular weight excluding hydrogens is 664 g/mol. The number of hydrogen-bond acceptors (Lipinski definition) is 7. The van der Waals surface area contributed by atoms with Crippen LogP contribution in [0.25, 0.3) is 11.6 Å². The van der Waals surface area contributed by atoms with E-state index in [2.05, 4.69) is 4.98 Å². The number of halogens is 7. The van der Waals surface area contributed by atoms with Crippen LogP contribution in [0.2, 0.25) is 5.02 Å². The van der Waals surface area contributed by atoms with E-state index in [1.165, 1.54) is 57.4 Å². The SMILES string of the molecule is CCOc1ncc(C(F)(F)F)cc1S(=O)(=O)N1C[C@H](CCC(=N)OC)Oc2ccc(/C=C(\C)c3c(Cl)cccc3C(F)(F)F)cc21. The number of rotatable bonds is 9. The van der Waals surface area contributed by atoms with Gasteiger partial charge in [-0.25, -0.2) is 13.4 Å². The molecule has 1 aromatic heterocycles. The Labute approximate surface area is 266 Å². The van der Waals surface area contributed by atoms with Crippen molar-refractivity contribution in [2.24, 2.45) is 0 Å². The van der Waals surface area contributed by atoms with Crippen molar-refractivity contribution in [3.63, 3.8) is 0 Å². The number of sulfonamides is 1. The van der Waals surface area contributed by atoms with Crippen molar-refractivity contribution in [1.29, 1.82) is 5.41 Å². The van der Waals surface area contributed by atoms with Crippen molar-refractivity contribution in [2.45, 2.75) is 50.0 Å². The minimum atomic E-state index is -4.92. The van der Waals surface area contributed by atoms with Crippen LogP contribution in [0.3, 0.4) is 0 Å². The zero-order valence-electron chi connectivity index (χ0n) is 24.6. The molecule has 0 saturated heterocycles. The highest BCUT2D eigenvalue weighted by molar-refractivity contribution is 7.93. The maximum absolute atomic E-state index is 14.2. The van der Waals surface area contributed by atoms with Gasteiger partial charge in [0.15, 0.2) is 10.8 Å². The first kappa shape index (κ1) is 34.9. The van der Waals surface area contributed by atoms with E-state index < -0.39 is 50.4 Å². The largest absolute Gasteiger partial charge is 0.486 e. The summed E-state index contributed by atoms with van der Waals surface area (Å²) in [5.41, 5.74) is -2.28. The smallest absolute Gasteiger partial charge is 0.417 e. The quantitative estimate of drug-likeness (QED) is 0.105. The Balaban J connectivity index is 1.87. The second-order valence-corrected chi connectivity index (χ2v) is 12.4. The number of benzene rings is 2. The molecule has 0 unspecified atom stereocenters. The molecule has 0 radical (unpaired) electrons. The summed E-state index contributed by atoms with van der Waals surface area (Å²) in [6.07, 6.45) is -8.47. The van der Waals surface area contributed by atoms with Crippen molar-refractivity contribution in [2.75, 3.05) is 24.6 Å². The van der Waals surface area contributed by atoms with E-state index in [1.54, 1.807) is 0 Å². The van der Waals surface area contributed by atoms with Crippen LogP contribution in [0.1, 0.15) is 48.9 Å². The Bertz CT molecular complexity index is 1760. The van der Waals surface area contributed by atoms with Gasteiger partial charge in [-0.15, -0.1) is 0 Å². The van der Waals surface area contributed by atoms with E-state index in [-0.39, 0.29) is 65.1 Å². The fraction of sp³-hybridized carbons (Fsp3) is 0.333. The molecule has 0 bridgehead atoms. The number of pyridine rings is 1. The van der Waals surface area contributed by atoms with Crippen LogP contribution in [0, 0.1) is 5.41 Å². The normalized spacial score (nSPS) is 15.7. The molecule has 2 aromatic carbocycles. The molecule has 0 fully saturated rings. The van der Waals surface area contributed by atoms with E-state index in [0.717, 1.165) is 10.4 Å². The monoisotopic (exact) mass is 691 g/mol. The molecule has 4 rings (SSSR count). The Morgan fingerprint density at radius 1 is 1.15 bits per heavy atom. The molecule has 0 saturated carbocycles. The van der Waals surface area contributed by atoms with Gasteiger partial charge in [-0.05, 0) is 61.7 Å². The molecule has 1 N–H and O–H groups in total. The predicted octanol–water partition coefficient (Wildman–Crippen LogP) is 8.09. The number of aromatic nitrogens is 1. The van der Waals surface area contributed by atoms with Crippen LogP contribution in [-0.4, -0.2) is 45.7 Å². The second kappa shape index (κ2) is 13.4. The van der Waals surface area contributed by atoms with Gasteiger partial charge in [-0.3, -0.25) is 9.71 Å². The fourth-order valence-corrected chi connectivity index (χ4v) is 6.74. The van der Waals surface area contributed by atoms with E-state index in [9.17, 15) is 34.8 Å². The first-order valence-electron chi connectivity index (χ1n) is 13.7. The highest BCUT2D eigenvalue weighted by Gasteiger charge is 2.40. The highest BCUT2D eigenvalue weighted by Crippen LogP contribution is 2.43. The van der Waals surface area contributed by atoms with Crippen LogP contribution < -0.4 is 13.8 Å². The molecule has 248 valence electrons. The summed E-state index contributed by atoms with van der Waals surface area (Å²) in [7, 11) is -3.53. The van der Waals surface area contributed by atoms with Crippen LogP contribution in [0.4, 0.5) is 32.0 Å². The Morgan fingerprint density at radius 3 is 2.50 bits per heavy atom. The van der Waals surface area contributed by atoms with Crippen molar-refractivity contribution in [1.82, 2.24) is 4.98 Å². The van der Waals surface area contributed by atoms with Gasteiger partial charge in [0.05, 0.1) is 37.1 Å². The number of ether oxygens (including phenoxy) is 3. The molecule has 0 aliphatic carbocycles. The van der Waals surface area contributed by atoms with Crippen LogP contribution in [0.15, 0.2) is 53.6 Å². The van der Waals surface area contributed by atoms with Gasteiger partial charge in [0.2, 0.25) is 5.88 Å². The molecule has 1 atom stereocenters. The maximum Gasteiger partial charge on any atom is 0.417 e. The summed E-state index contributed by atoms with van der Waals surface area (Å²) in [4.78, 5) is 2.79. The van der Waals surface area contributed by atoms with Crippen LogP contribution in [0.5, 0.6) is 11.6 Å². The molecule has 2 heterocycles. The van der Waals surface area contributed by atoms with Gasteiger partial charge < -0.3 is 14.2 Å². The summed E-state index contributed by atoms with van der Waals surface area (Å²) in [5.74, 6) is -0.616. The minimum absolute atomic E-state index is 0.0326. The Kier molecular flexibility index (Phi) is 10.2. The maximum atomic E-state index is 14.2. The number of hydrogen-bond donors (Lipinski definition) is 1. The molecule has 8 nitrogen and oxygen atoms in total. The molecule has 46 heavy (non-hydrogen) atoms. The second-order valence-electron chi connectivity index (χ2n) is 10.1. The molecule has 0 amide bonds. The lowest BCUT2D eigenvalue weighted by Gasteiger charge is -2.36. The number of methoxy groups -OCH3 is 1. The average molecular weight is 692 g/mol. The zero-order chi connectivity index (χ0) is 34.0. The third kappa shape index (κ3) is 7.52. The zero-order valence-corrected chi connectivity index (χ0v) is 26.2. The van der Waals surface area contributed by atoms with E-state index >= 15 is 0 Å². The summed E-state index contributed by atoms with van der Waals surface area (Å²) in [6, 6.07) is 8.00. The highest BCUT2D eigenvalue weighted by atomic mass is 35.5. The summed E-state index contributed by atoms with van der Waals surface area (Å²) >= 11 is 6.16. The first-order valence-corrected chi connectivity index (χ1v) is 15.5. The van der Waals surface area contributed by atoms with Gasteiger partial charge in [-0.2, -0.15) is 26.3 Å². The van der Waals surface area contributed by atoms with E-state index in [4.69, 9.17) is 31.2 Å². The van der Waals surface area contributed by atoms with Gasteiger partial charge in [0.1, 0.15) is 11.9 Å². The number of nitrogens with zero attached hydrogens (tertiary/aromatic N) is 2. The number of fused-ring (bicyclic) bond motifs is 1. The summed E-state index contributed by atoms with van der Waals surface area (Å²) in [6.45, 7) is 2.43. The minimum Gasteiger partial charge on any atom is -0.486 e. The number of alkyl halides is 6. The van der Waals surface area contributed by atoms with Crippen LogP contribution >= 0.6 is 11.6 Å². The Morgan fingerprint density at radius 2 is 1.87 bits per heavy atom. The molecule has 1 aliphatic rings. The van der Waals surface area contributed by atoms with Gasteiger partial charge in [0.25, 0.3) is 10.0 Å². The standard InChI is InChI=1S/C30H28ClF6N3O5S/c1-4-44-28-25(14-19(15-39-28)29(32,33)34)46(41,42)40-16-20(9-11-26(38)43-3)45-24-10-8-18(13-23(24)40)12-17(2)27-21(30(35,36)37)6-5-7-22(27)31/h5-8,10,12-15,20,38H,4,9,11,16H2,1-3H3/b17-12+,38-26?/t20-/m0/s1. The third-order valence-corrected chi connectivity index (χ3v) is 9.04. The Hall–Kier alpha value is -3.98. The van der Waals surface area contributed by atoms with Gasteiger partial charge >= 0.3 is 12.4 Å². The lowest BCUT2D eigenvalue weighted by Crippen LogP contribution is -2.44. The number of anilines is 1. The molecule has 3 aromatic rings. The number of nitrogens with one attached hydrogen (secondary N) is 1. The fourth-order valence-electron chi connectivity index (χ4n) is 4.81. The molecule has 1 aliphatic heterocycles. The van der Waals surface area contributed by atoms with Crippen molar-refractivity contribution >= 4 is 44.9 Å². The van der Waals surface area contributed by atoms with Crippen molar-refractivity contribution in [3.05, 3.63) is 75.9 Å². The molecule has 16 heteroatoms. The van der Waals surface area contributed by atoms with Gasteiger partial charge in [-0.1, -0.05) is 29.8 Å². The van der Waals surface area contributed by atoms with E-state index in [1.807, 2.05) is 0 Å². The van der Waals surface area contributed by atoms with Crippen LogP contribution in [-0.2, 0) is 27.1 Å². The van der Waals surface area contributed by atoms with Crippen molar-refractivity contribution < 1.29 is 49.0 Å². The first-order chi connectivity index (χ1) is 21.5. The molecule has 0 spiro atoms. The lowest BCUT2D eigenvalue weighted by molar-refractivity contribution is -0.138. The molecular formula is C30H28ClF6N3O5S. The lowest BCUT2D eigenvalue weighted by atomic mass is 9.98. The topological polar surface area (TPSA) is 102 Å². The predicted molar refractivity (Wildman–Crippen MR) is 160 cm³/mol. The van der Waals surface area contributed by atoms with E-state index in [0.29, 0.717) is 12.3 Å². The number of allylic oxidation sites excluding steroid dienone is 1.